The Bertz CT molecular complexity index is 334. The minimum atomic E-state index is 0.327. The van der Waals surface area contributed by atoms with E-state index in [1.54, 1.807) is 0 Å². The van der Waals surface area contributed by atoms with Crippen LogP contribution >= 0.6 is 11.6 Å². The topological polar surface area (TPSA) is 12.0 Å². The Labute approximate surface area is 104 Å². The molecule has 0 aliphatic carbocycles. The first kappa shape index (κ1) is 13.5. The Morgan fingerprint density at radius 1 is 1.25 bits per heavy atom. The van der Waals surface area contributed by atoms with E-state index in [4.69, 9.17) is 11.6 Å². The van der Waals surface area contributed by atoms with Crippen LogP contribution in [0, 0.1) is 0 Å². The highest BCUT2D eigenvalue weighted by atomic mass is 35.5. The van der Waals surface area contributed by atoms with E-state index in [1.807, 2.05) is 0 Å². The number of nitrogens with one attached hydrogen (secondary N) is 1. The van der Waals surface area contributed by atoms with Crippen LogP contribution < -0.4 is 5.32 Å². The van der Waals surface area contributed by atoms with Crippen LogP contribution in [0.1, 0.15) is 57.2 Å². The van der Waals surface area contributed by atoms with Gasteiger partial charge in [-0.3, -0.25) is 0 Å². The van der Waals surface area contributed by atoms with E-state index in [0.717, 1.165) is 18.0 Å². The zero-order chi connectivity index (χ0) is 12.1. The van der Waals surface area contributed by atoms with Crippen molar-refractivity contribution in [2.24, 2.45) is 0 Å². The molecule has 1 atom stereocenters. The molecule has 1 N–H and O–H groups in total. The monoisotopic (exact) mass is 239 g/mol. The van der Waals surface area contributed by atoms with Crippen molar-refractivity contribution in [1.82, 2.24) is 5.32 Å². The van der Waals surface area contributed by atoms with Crippen molar-refractivity contribution in [3.63, 3.8) is 0 Å². The molecule has 1 nitrogen and oxygen atoms in total. The van der Waals surface area contributed by atoms with E-state index < -0.39 is 0 Å². The van der Waals surface area contributed by atoms with Crippen LogP contribution in [0.4, 0.5) is 0 Å². The molecule has 0 aromatic heterocycles. The third-order valence-electron chi connectivity index (χ3n) is 2.86. The summed E-state index contributed by atoms with van der Waals surface area (Å²) in [6, 6.07) is 6.74. The summed E-state index contributed by atoms with van der Waals surface area (Å²) >= 11 is 6.31. The Morgan fingerprint density at radius 2 is 1.94 bits per heavy atom. The lowest BCUT2D eigenvalue weighted by atomic mass is 9.99. The average Bonchev–Trinajstić information content (AvgIpc) is 2.25. The molecule has 1 aromatic rings. The quantitative estimate of drug-likeness (QED) is 0.797. The predicted octanol–water partition coefficient (Wildman–Crippen LogP) is 4.52. The van der Waals surface area contributed by atoms with Gasteiger partial charge in [0.1, 0.15) is 0 Å². The minimum Gasteiger partial charge on any atom is -0.310 e. The summed E-state index contributed by atoms with van der Waals surface area (Å²) in [6.07, 6.45) is 1.14. The van der Waals surface area contributed by atoms with Gasteiger partial charge < -0.3 is 5.32 Å². The molecule has 0 amide bonds. The maximum Gasteiger partial charge on any atom is 0.0456 e. The fourth-order valence-corrected chi connectivity index (χ4v) is 2.08. The molecule has 0 heterocycles. The minimum absolute atomic E-state index is 0.327. The Hall–Kier alpha value is -0.530. The lowest BCUT2D eigenvalue weighted by molar-refractivity contribution is 0.570. The second kappa shape index (κ2) is 6.27. The molecule has 0 fully saturated rings. The fraction of sp³-hybridized carbons (Fsp3) is 0.571. The predicted molar refractivity (Wildman–Crippen MR) is 72.2 cm³/mol. The summed E-state index contributed by atoms with van der Waals surface area (Å²) in [4.78, 5) is 0. The second-order valence-electron chi connectivity index (χ2n) is 4.61. The Morgan fingerprint density at radius 3 is 2.44 bits per heavy atom. The molecule has 0 radical (unpaired) electrons. The Balaban J connectivity index is 2.81. The van der Waals surface area contributed by atoms with Gasteiger partial charge in [-0.25, -0.2) is 0 Å². The van der Waals surface area contributed by atoms with Crippen molar-refractivity contribution in [3.05, 3.63) is 34.3 Å². The lowest BCUT2D eigenvalue weighted by Crippen LogP contribution is -2.19. The van der Waals surface area contributed by atoms with Gasteiger partial charge in [0, 0.05) is 11.1 Å². The Kier molecular flexibility index (Phi) is 5.30. The van der Waals surface area contributed by atoms with E-state index in [1.165, 1.54) is 11.1 Å². The summed E-state index contributed by atoms with van der Waals surface area (Å²) in [6.45, 7) is 9.73. The third kappa shape index (κ3) is 3.50. The van der Waals surface area contributed by atoms with Gasteiger partial charge in [-0.05, 0) is 43.0 Å². The summed E-state index contributed by atoms with van der Waals surface area (Å²) in [5.74, 6) is 0.533. The summed E-state index contributed by atoms with van der Waals surface area (Å²) < 4.78 is 0. The summed E-state index contributed by atoms with van der Waals surface area (Å²) in [7, 11) is 0. The molecule has 0 aliphatic heterocycles. The normalized spacial score (nSPS) is 13.1. The molecule has 1 unspecified atom stereocenters. The molecule has 0 spiro atoms. The molecule has 1 aromatic carbocycles. The highest BCUT2D eigenvalue weighted by Gasteiger charge is 2.10. The van der Waals surface area contributed by atoms with Gasteiger partial charge >= 0.3 is 0 Å². The molecule has 2 heteroatoms. The number of benzene rings is 1. The zero-order valence-corrected chi connectivity index (χ0v) is 11.4. The van der Waals surface area contributed by atoms with Gasteiger partial charge in [0.15, 0.2) is 0 Å². The van der Waals surface area contributed by atoms with E-state index in [-0.39, 0.29) is 0 Å². The smallest absolute Gasteiger partial charge is 0.0456 e. The SMILES string of the molecule is CCCNC(C)c1ccc(C(C)C)cc1Cl. The third-order valence-corrected chi connectivity index (χ3v) is 3.19. The van der Waals surface area contributed by atoms with Crippen LogP contribution in [0.3, 0.4) is 0 Å². The van der Waals surface area contributed by atoms with Gasteiger partial charge in [0.25, 0.3) is 0 Å². The molecular formula is C14H22ClN. The van der Waals surface area contributed by atoms with Crippen molar-refractivity contribution in [2.75, 3.05) is 6.54 Å². The number of rotatable bonds is 5. The summed E-state index contributed by atoms with van der Waals surface area (Å²) in [5.41, 5.74) is 2.50. The van der Waals surface area contributed by atoms with Crippen molar-refractivity contribution in [3.8, 4) is 0 Å². The fourth-order valence-electron chi connectivity index (χ4n) is 1.72. The first-order valence-electron chi connectivity index (χ1n) is 6.09. The lowest BCUT2D eigenvalue weighted by Gasteiger charge is -2.16. The number of halogens is 1. The summed E-state index contributed by atoms with van der Waals surface area (Å²) in [5, 5.41) is 4.33. The average molecular weight is 240 g/mol. The molecule has 16 heavy (non-hydrogen) atoms. The van der Waals surface area contributed by atoms with E-state index >= 15 is 0 Å². The zero-order valence-electron chi connectivity index (χ0n) is 10.7. The van der Waals surface area contributed by atoms with E-state index in [2.05, 4.69) is 51.2 Å². The van der Waals surface area contributed by atoms with Crippen LogP contribution in [0.25, 0.3) is 0 Å². The van der Waals surface area contributed by atoms with Crippen LogP contribution in [0.15, 0.2) is 18.2 Å². The molecule has 90 valence electrons. The second-order valence-corrected chi connectivity index (χ2v) is 5.02. The largest absolute Gasteiger partial charge is 0.310 e. The standard InChI is InChI=1S/C14H22ClN/c1-5-8-16-11(4)13-7-6-12(10(2)3)9-14(13)15/h6-7,9-11,16H,5,8H2,1-4H3. The molecule has 0 bridgehead atoms. The van der Waals surface area contributed by atoms with Crippen LogP contribution in [-0.2, 0) is 0 Å². The van der Waals surface area contributed by atoms with Crippen molar-refractivity contribution >= 4 is 11.6 Å². The van der Waals surface area contributed by atoms with Crippen molar-refractivity contribution in [2.45, 2.75) is 46.1 Å². The first-order valence-corrected chi connectivity index (χ1v) is 6.46. The van der Waals surface area contributed by atoms with Crippen LogP contribution in [-0.4, -0.2) is 6.54 Å². The van der Waals surface area contributed by atoms with Crippen molar-refractivity contribution < 1.29 is 0 Å². The molecular weight excluding hydrogens is 218 g/mol. The highest BCUT2D eigenvalue weighted by molar-refractivity contribution is 6.31. The van der Waals surface area contributed by atoms with Crippen LogP contribution in [0.5, 0.6) is 0 Å². The maximum atomic E-state index is 6.31. The van der Waals surface area contributed by atoms with Gasteiger partial charge in [-0.2, -0.15) is 0 Å². The number of hydrogen-bond donors (Lipinski definition) is 1. The molecule has 0 saturated heterocycles. The molecule has 0 saturated carbocycles. The van der Waals surface area contributed by atoms with Crippen LogP contribution in [0.2, 0.25) is 5.02 Å². The highest BCUT2D eigenvalue weighted by Crippen LogP contribution is 2.26. The maximum absolute atomic E-state index is 6.31. The molecule has 1 rings (SSSR count). The van der Waals surface area contributed by atoms with E-state index in [9.17, 15) is 0 Å². The number of hydrogen-bond acceptors (Lipinski definition) is 1. The van der Waals surface area contributed by atoms with Crippen molar-refractivity contribution in [1.29, 1.82) is 0 Å². The van der Waals surface area contributed by atoms with Gasteiger partial charge in [-0.1, -0.05) is 44.5 Å². The van der Waals surface area contributed by atoms with Gasteiger partial charge in [-0.15, -0.1) is 0 Å². The van der Waals surface area contributed by atoms with E-state index in [0.29, 0.717) is 12.0 Å². The van der Waals surface area contributed by atoms with Gasteiger partial charge in [0.05, 0.1) is 0 Å². The first-order chi connectivity index (χ1) is 7.56. The van der Waals surface area contributed by atoms with Gasteiger partial charge in [0.2, 0.25) is 0 Å². The molecule has 0 aliphatic rings.